The Balaban J connectivity index is 1.82. The molecule has 0 spiro atoms. The third kappa shape index (κ3) is 4.11. The van der Waals surface area contributed by atoms with Crippen molar-refractivity contribution >= 4 is 17.6 Å². The van der Waals surface area contributed by atoms with E-state index in [1.165, 1.54) is 10.5 Å². The number of anilines is 1. The van der Waals surface area contributed by atoms with E-state index in [-0.39, 0.29) is 11.9 Å². The van der Waals surface area contributed by atoms with Gasteiger partial charge in [-0.2, -0.15) is 0 Å². The summed E-state index contributed by atoms with van der Waals surface area (Å²) in [5.41, 5.74) is 2.97. The normalized spacial score (nSPS) is 12.9. The fourth-order valence-electron chi connectivity index (χ4n) is 2.22. The predicted octanol–water partition coefficient (Wildman–Crippen LogP) is 1.05. The van der Waals surface area contributed by atoms with Crippen molar-refractivity contribution in [2.75, 3.05) is 39.0 Å². The Hall–Kier alpha value is -2.24. The van der Waals surface area contributed by atoms with Crippen molar-refractivity contribution in [1.29, 1.82) is 0 Å². The number of rotatable bonds is 4. The number of benzene rings is 1. The molecule has 1 heterocycles. The molecule has 0 saturated carbocycles. The third-order valence-electron chi connectivity index (χ3n) is 3.40. The SMILES string of the molecule is CN(C)C(=O)NCCNC(=O)c1ccc2c(c1)CCCN2. The van der Waals surface area contributed by atoms with Gasteiger partial charge < -0.3 is 20.9 Å². The minimum absolute atomic E-state index is 0.109. The Morgan fingerprint density at radius 1 is 1.24 bits per heavy atom. The first-order valence-electron chi connectivity index (χ1n) is 7.18. The van der Waals surface area contributed by atoms with Gasteiger partial charge in [0.15, 0.2) is 0 Å². The average Bonchev–Trinajstić information content (AvgIpc) is 2.50. The van der Waals surface area contributed by atoms with E-state index in [2.05, 4.69) is 16.0 Å². The molecule has 3 amide bonds. The Bertz CT molecular complexity index is 528. The van der Waals surface area contributed by atoms with Crippen LogP contribution in [0.3, 0.4) is 0 Å². The van der Waals surface area contributed by atoms with Crippen LogP contribution >= 0.6 is 0 Å². The highest BCUT2D eigenvalue weighted by Gasteiger charge is 2.12. The molecular formula is C15H22N4O2. The lowest BCUT2D eigenvalue weighted by Crippen LogP contribution is -2.39. The maximum Gasteiger partial charge on any atom is 0.316 e. The molecule has 1 aliphatic rings. The van der Waals surface area contributed by atoms with Gasteiger partial charge in [-0.3, -0.25) is 4.79 Å². The zero-order valence-electron chi connectivity index (χ0n) is 12.5. The summed E-state index contributed by atoms with van der Waals surface area (Å²) in [5, 5.41) is 8.83. The van der Waals surface area contributed by atoms with Crippen molar-refractivity contribution in [3.05, 3.63) is 29.3 Å². The topological polar surface area (TPSA) is 73.5 Å². The van der Waals surface area contributed by atoms with E-state index in [0.29, 0.717) is 18.7 Å². The smallest absolute Gasteiger partial charge is 0.316 e. The van der Waals surface area contributed by atoms with E-state index in [0.717, 1.165) is 25.1 Å². The van der Waals surface area contributed by atoms with Gasteiger partial charge in [0.1, 0.15) is 0 Å². The molecule has 114 valence electrons. The molecule has 0 radical (unpaired) electrons. The Morgan fingerprint density at radius 2 is 2.00 bits per heavy atom. The summed E-state index contributed by atoms with van der Waals surface area (Å²) in [4.78, 5) is 24.8. The standard InChI is InChI=1S/C15H22N4O2/c1-19(2)15(21)18-9-8-17-14(20)12-5-6-13-11(10-12)4-3-7-16-13/h5-6,10,16H,3-4,7-9H2,1-2H3,(H,17,20)(H,18,21). The van der Waals surface area contributed by atoms with Crippen LogP contribution in [0, 0.1) is 0 Å². The van der Waals surface area contributed by atoms with Crippen LogP contribution in [0.2, 0.25) is 0 Å². The Morgan fingerprint density at radius 3 is 2.76 bits per heavy atom. The first-order chi connectivity index (χ1) is 10.1. The van der Waals surface area contributed by atoms with E-state index < -0.39 is 0 Å². The summed E-state index contributed by atoms with van der Waals surface area (Å²) in [6, 6.07) is 5.56. The lowest BCUT2D eigenvalue weighted by molar-refractivity contribution is 0.0953. The van der Waals surface area contributed by atoms with Gasteiger partial charge in [-0.25, -0.2) is 4.79 Å². The first kappa shape index (κ1) is 15.2. The highest BCUT2D eigenvalue weighted by atomic mass is 16.2. The molecule has 0 aliphatic carbocycles. The molecule has 0 bridgehead atoms. The van der Waals surface area contributed by atoms with E-state index in [4.69, 9.17) is 0 Å². The van der Waals surface area contributed by atoms with Crippen LogP contribution < -0.4 is 16.0 Å². The van der Waals surface area contributed by atoms with Crippen LogP contribution in [0.4, 0.5) is 10.5 Å². The molecule has 0 atom stereocenters. The minimum Gasteiger partial charge on any atom is -0.385 e. The van der Waals surface area contributed by atoms with Crippen LogP contribution in [-0.2, 0) is 6.42 Å². The number of aryl methyl sites for hydroxylation is 1. The number of carbonyl (C=O) groups excluding carboxylic acids is 2. The molecule has 21 heavy (non-hydrogen) atoms. The number of fused-ring (bicyclic) bond motifs is 1. The van der Waals surface area contributed by atoms with Crippen molar-refractivity contribution in [1.82, 2.24) is 15.5 Å². The molecular weight excluding hydrogens is 268 g/mol. The summed E-state index contributed by atoms with van der Waals surface area (Å²) in [5.74, 6) is -0.109. The fraction of sp³-hybridized carbons (Fsp3) is 0.467. The molecule has 2 rings (SSSR count). The Labute approximate surface area is 124 Å². The van der Waals surface area contributed by atoms with Gasteiger partial charge >= 0.3 is 6.03 Å². The third-order valence-corrected chi connectivity index (χ3v) is 3.40. The second-order valence-corrected chi connectivity index (χ2v) is 5.28. The van der Waals surface area contributed by atoms with Crippen LogP contribution in [0.1, 0.15) is 22.3 Å². The molecule has 0 aromatic heterocycles. The zero-order chi connectivity index (χ0) is 15.2. The first-order valence-corrected chi connectivity index (χ1v) is 7.18. The summed E-state index contributed by atoms with van der Waals surface area (Å²) >= 11 is 0. The van der Waals surface area contributed by atoms with Gasteiger partial charge in [0.25, 0.3) is 5.91 Å². The van der Waals surface area contributed by atoms with Crippen molar-refractivity contribution < 1.29 is 9.59 Å². The number of urea groups is 1. The highest BCUT2D eigenvalue weighted by Crippen LogP contribution is 2.22. The van der Waals surface area contributed by atoms with E-state index in [9.17, 15) is 9.59 Å². The highest BCUT2D eigenvalue weighted by molar-refractivity contribution is 5.95. The molecule has 1 aliphatic heterocycles. The summed E-state index contributed by atoms with van der Waals surface area (Å²) in [6.07, 6.45) is 2.09. The second-order valence-electron chi connectivity index (χ2n) is 5.28. The van der Waals surface area contributed by atoms with Gasteiger partial charge in [0.05, 0.1) is 0 Å². The second kappa shape index (κ2) is 6.97. The van der Waals surface area contributed by atoms with Gasteiger partial charge in [0.2, 0.25) is 0 Å². The van der Waals surface area contributed by atoms with Crippen molar-refractivity contribution in [3.8, 4) is 0 Å². The van der Waals surface area contributed by atoms with Gasteiger partial charge in [-0.05, 0) is 36.6 Å². The van der Waals surface area contributed by atoms with Crippen molar-refractivity contribution in [2.24, 2.45) is 0 Å². The molecule has 0 fully saturated rings. The van der Waals surface area contributed by atoms with E-state index in [1.807, 2.05) is 18.2 Å². The predicted molar refractivity (Wildman–Crippen MR) is 82.7 cm³/mol. The molecule has 1 aromatic rings. The van der Waals surface area contributed by atoms with Crippen molar-refractivity contribution in [3.63, 3.8) is 0 Å². The number of amides is 3. The Kier molecular flexibility index (Phi) is 5.03. The fourth-order valence-corrected chi connectivity index (χ4v) is 2.22. The molecule has 3 N–H and O–H groups in total. The van der Waals surface area contributed by atoms with Crippen LogP contribution in [-0.4, -0.2) is 50.6 Å². The number of nitrogens with zero attached hydrogens (tertiary/aromatic N) is 1. The number of hydrogen-bond acceptors (Lipinski definition) is 3. The molecule has 6 nitrogen and oxygen atoms in total. The largest absolute Gasteiger partial charge is 0.385 e. The van der Waals surface area contributed by atoms with Gasteiger partial charge in [0, 0.05) is 45.0 Å². The minimum atomic E-state index is -0.163. The summed E-state index contributed by atoms with van der Waals surface area (Å²) in [7, 11) is 3.35. The zero-order valence-corrected chi connectivity index (χ0v) is 12.5. The quantitative estimate of drug-likeness (QED) is 0.726. The lowest BCUT2D eigenvalue weighted by Gasteiger charge is -2.18. The van der Waals surface area contributed by atoms with Crippen LogP contribution in [0.5, 0.6) is 0 Å². The van der Waals surface area contributed by atoms with Gasteiger partial charge in [-0.1, -0.05) is 0 Å². The lowest BCUT2D eigenvalue weighted by atomic mass is 10.0. The molecule has 0 unspecified atom stereocenters. The maximum absolute atomic E-state index is 12.1. The van der Waals surface area contributed by atoms with Crippen molar-refractivity contribution in [2.45, 2.75) is 12.8 Å². The maximum atomic E-state index is 12.1. The molecule has 0 saturated heterocycles. The summed E-state index contributed by atoms with van der Waals surface area (Å²) in [6.45, 7) is 1.81. The molecule has 1 aromatic carbocycles. The number of carbonyl (C=O) groups is 2. The van der Waals surface area contributed by atoms with Crippen LogP contribution in [0.25, 0.3) is 0 Å². The van der Waals surface area contributed by atoms with Gasteiger partial charge in [-0.15, -0.1) is 0 Å². The van der Waals surface area contributed by atoms with Crippen LogP contribution in [0.15, 0.2) is 18.2 Å². The van der Waals surface area contributed by atoms with E-state index in [1.54, 1.807) is 14.1 Å². The monoisotopic (exact) mass is 290 g/mol. The number of hydrogen-bond donors (Lipinski definition) is 3. The number of nitrogens with one attached hydrogen (secondary N) is 3. The average molecular weight is 290 g/mol. The summed E-state index contributed by atoms with van der Waals surface area (Å²) < 4.78 is 0. The molecule has 6 heteroatoms. The van der Waals surface area contributed by atoms with E-state index >= 15 is 0 Å².